The Balaban J connectivity index is 2.58. The van der Waals surface area contributed by atoms with Crippen molar-refractivity contribution in [3.8, 4) is 6.07 Å². The fraction of sp³-hybridized carbons (Fsp3) is 0.214. The summed E-state index contributed by atoms with van der Waals surface area (Å²) >= 11 is 0. The number of benzene rings is 1. The molecule has 1 aromatic carbocycles. The van der Waals surface area contributed by atoms with E-state index in [4.69, 9.17) is 10.4 Å². The van der Waals surface area contributed by atoms with Gasteiger partial charge in [-0.25, -0.2) is 0 Å². The molecule has 0 bridgehead atoms. The van der Waals surface area contributed by atoms with E-state index in [0.29, 0.717) is 5.56 Å². The highest BCUT2D eigenvalue weighted by Gasteiger charge is 2.08. The third-order valence-corrected chi connectivity index (χ3v) is 2.31. The second kappa shape index (κ2) is 6.97. The molecular formula is C14H14N2O3. The number of nitrogens with one attached hydrogen (secondary N) is 1. The van der Waals surface area contributed by atoms with Crippen molar-refractivity contribution in [3.63, 3.8) is 0 Å². The van der Waals surface area contributed by atoms with Crippen molar-refractivity contribution >= 4 is 18.0 Å². The molecule has 5 heteroatoms. The molecule has 1 atom stereocenters. The van der Waals surface area contributed by atoms with E-state index < -0.39 is 12.0 Å². The van der Waals surface area contributed by atoms with Gasteiger partial charge in [-0.3, -0.25) is 9.59 Å². The first-order valence-electron chi connectivity index (χ1n) is 5.72. The SMILES string of the molecule is CC(CC(=O)O)NC(=O)/C=C/c1cccc(C#N)c1. The topological polar surface area (TPSA) is 90.2 Å². The van der Waals surface area contributed by atoms with Gasteiger partial charge in [0.25, 0.3) is 0 Å². The predicted molar refractivity (Wildman–Crippen MR) is 70.0 cm³/mol. The van der Waals surface area contributed by atoms with E-state index in [1.807, 2.05) is 6.07 Å². The summed E-state index contributed by atoms with van der Waals surface area (Å²) in [5.41, 5.74) is 1.25. The van der Waals surface area contributed by atoms with Gasteiger partial charge in [0, 0.05) is 12.1 Å². The highest BCUT2D eigenvalue weighted by Crippen LogP contribution is 2.05. The third kappa shape index (κ3) is 5.50. The summed E-state index contributed by atoms with van der Waals surface area (Å²) in [5, 5.41) is 19.8. The molecule has 0 saturated heterocycles. The van der Waals surface area contributed by atoms with Gasteiger partial charge in [0.2, 0.25) is 5.91 Å². The van der Waals surface area contributed by atoms with Gasteiger partial charge in [0.05, 0.1) is 18.1 Å². The molecule has 0 aliphatic rings. The number of carboxylic acid groups (broad SMARTS) is 1. The Labute approximate surface area is 111 Å². The quantitative estimate of drug-likeness (QED) is 0.784. The number of nitrogens with zero attached hydrogens (tertiary/aromatic N) is 1. The zero-order chi connectivity index (χ0) is 14.3. The Morgan fingerprint density at radius 1 is 1.53 bits per heavy atom. The fourth-order valence-corrected chi connectivity index (χ4v) is 1.49. The minimum Gasteiger partial charge on any atom is -0.481 e. The lowest BCUT2D eigenvalue weighted by Crippen LogP contribution is -2.32. The van der Waals surface area contributed by atoms with Gasteiger partial charge < -0.3 is 10.4 Å². The zero-order valence-corrected chi connectivity index (χ0v) is 10.5. The molecule has 0 aromatic heterocycles. The normalized spacial score (nSPS) is 11.8. The summed E-state index contributed by atoms with van der Waals surface area (Å²) in [6, 6.07) is 8.40. The molecule has 0 saturated carbocycles. The second-order valence-electron chi connectivity index (χ2n) is 4.08. The zero-order valence-electron chi connectivity index (χ0n) is 10.5. The molecule has 1 unspecified atom stereocenters. The van der Waals surface area contributed by atoms with Crippen LogP contribution in [0.15, 0.2) is 30.3 Å². The van der Waals surface area contributed by atoms with Crippen LogP contribution in [0.3, 0.4) is 0 Å². The third-order valence-electron chi connectivity index (χ3n) is 2.31. The molecule has 98 valence electrons. The molecule has 0 aliphatic heterocycles. The number of rotatable bonds is 5. The fourth-order valence-electron chi connectivity index (χ4n) is 1.49. The summed E-state index contributed by atoms with van der Waals surface area (Å²) in [6.07, 6.45) is 2.77. The first-order chi connectivity index (χ1) is 9.01. The van der Waals surface area contributed by atoms with Gasteiger partial charge in [0.15, 0.2) is 0 Å². The van der Waals surface area contributed by atoms with E-state index in [9.17, 15) is 9.59 Å². The second-order valence-corrected chi connectivity index (χ2v) is 4.08. The molecule has 0 radical (unpaired) electrons. The number of carboxylic acids is 1. The van der Waals surface area contributed by atoms with Crippen LogP contribution in [-0.2, 0) is 9.59 Å². The summed E-state index contributed by atoms with van der Waals surface area (Å²) < 4.78 is 0. The number of nitriles is 1. The maximum atomic E-state index is 11.5. The summed E-state index contributed by atoms with van der Waals surface area (Å²) in [7, 11) is 0. The lowest BCUT2D eigenvalue weighted by molar-refractivity contribution is -0.137. The monoisotopic (exact) mass is 258 g/mol. The van der Waals surface area contributed by atoms with E-state index in [2.05, 4.69) is 5.32 Å². The molecule has 0 spiro atoms. The predicted octanol–water partition coefficient (Wildman–Crippen LogP) is 1.55. The smallest absolute Gasteiger partial charge is 0.305 e. The number of carbonyl (C=O) groups is 2. The van der Waals surface area contributed by atoms with Crippen LogP contribution < -0.4 is 5.32 Å². The number of hydrogen-bond donors (Lipinski definition) is 2. The van der Waals surface area contributed by atoms with Gasteiger partial charge in [-0.2, -0.15) is 5.26 Å². The van der Waals surface area contributed by atoms with Crippen molar-refractivity contribution in [2.45, 2.75) is 19.4 Å². The molecule has 0 aliphatic carbocycles. The van der Waals surface area contributed by atoms with Gasteiger partial charge >= 0.3 is 5.97 Å². The molecule has 2 N–H and O–H groups in total. The van der Waals surface area contributed by atoms with Crippen LogP contribution in [0.4, 0.5) is 0 Å². The Morgan fingerprint density at radius 2 is 2.26 bits per heavy atom. The molecule has 1 amide bonds. The Morgan fingerprint density at radius 3 is 2.89 bits per heavy atom. The van der Waals surface area contributed by atoms with Gasteiger partial charge in [0.1, 0.15) is 0 Å². The highest BCUT2D eigenvalue weighted by atomic mass is 16.4. The lowest BCUT2D eigenvalue weighted by Gasteiger charge is -2.08. The summed E-state index contributed by atoms with van der Waals surface area (Å²) in [4.78, 5) is 21.9. The minimum absolute atomic E-state index is 0.122. The first-order valence-corrected chi connectivity index (χ1v) is 5.72. The van der Waals surface area contributed by atoms with Crippen molar-refractivity contribution in [1.82, 2.24) is 5.32 Å². The maximum Gasteiger partial charge on any atom is 0.305 e. The van der Waals surface area contributed by atoms with E-state index in [1.165, 1.54) is 6.08 Å². The standard InChI is InChI=1S/C14H14N2O3/c1-10(7-14(18)19)16-13(17)6-5-11-3-2-4-12(8-11)9-15/h2-6,8,10H,7H2,1H3,(H,16,17)(H,18,19)/b6-5+. The van der Waals surface area contributed by atoms with Gasteiger partial charge in [-0.15, -0.1) is 0 Å². The largest absolute Gasteiger partial charge is 0.481 e. The van der Waals surface area contributed by atoms with Crippen LogP contribution in [0, 0.1) is 11.3 Å². The number of carbonyl (C=O) groups excluding carboxylic acids is 1. The number of hydrogen-bond acceptors (Lipinski definition) is 3. The average Bonchev–Trinajstić information content (AvgIpc) is 2.35. The molecule has 1 rings (SSSR count). The number of amides is 1. The molecule has 19 heavy (non-hydrogen) atoms. The Kier molecular flexibility index (Phi) is 5.30. The average molecular weight is 258 g/mol. The molecule has 5 nitrogen and oxygen atoms in total. The Bertz CT molecular complexity index is 544. The van der Waals surface area contributed by atoms with Crippen LogP contribution in [0.5, 0.6) is 0 Å². The number of aliphatic carboxylic acids is 1. The molecule has 1 aromatic rings. The van der Waals surface area contributed by atoms with Crippen molar-refractivity contribution in [2.24, 2.45) is 0 Å². The maximum absolute atomic E-state index is 11.5. The Hall–Kier alpha value is -2.61. The van der Waals surface area contributed by atoms with Crippen LogP contribution in [0.2, 0.25) is 0 Å². The van der Waals surface area contributed by atoms with E-state index in [1.54, 1.807) is 37.3 Å². The molecular weight excluding hydrogens is 244 g/mol. The van der Waals surface area contributed by atoms with Crippen LogP contribution in [-0.4, -0.2) is 23.0 Å². The van der Waals surface area contributed by atoms with Crippen molar-refractivity contribution < 1.29 is 14.7 Å². The molecule has 0 fully saturated rings. The summed E-state index contributed by atoms with van der Waals surface area (Å²) in [5.74, 6) is -1.32. The van der Waals surface area contributed by atoms with Crippen LogP contribution in [0.1, 0.15) is 24.5 Å². The van der Waals surface area contributed by atoms with E-state index >= 15 is 0 Å². The summed E-state index contributed by atoms with van der Waals surface area (Å²) in [6.45, 7) is 1.62. The molecule has 0 heterocycles. The van der Waals surface area contributed by atoms with E-state index in [0.717, 1.165) is 5.56 Å². The highest BCUT2D eigenvalue weighted by molar-refractivity contribution is 5.92. The van der Waals surface area contributed by atoms with Crippen molar-refractivity contribution in [2.75, 3.05) is 0 Å². The first kappa shape index (κ1) is 14.5. The van der Waals surface area contributed by atoms with Crippen LogP contribution >= 0.6 is 0 Å². The van der Waals surface area contributed by atoms with Gasteiger partial charge in [-0.05, 0) is 30.7 Å². The van der Waals surface area contributed by atoms with Crippen LogP contribution in [0.25, 0.3) is 6.08 Å². The minimum atomic E-state index is -0.960. The van der Waals surface area contributed by atoms with Gasteiger partial charge in [-0.1, -0.05) is 12.1 Å². The van der Waals surface area contributed by atoms with E-state index in [-0.39, 0.29) is 12.3 Å². The van der Waals surface area contributed by atoms with Crippen molar-refractivity contribution in [3.05, 3.63) is 41.5 Å². The lowest BCUT2D eigenvalue weighted by atomic mass is 10.1. The van der Waals surface area contributed by atoms with Crippen molar-refractivity contribution in [1.29, 1.82) is 5.26 Å².